The van der Waals surface area contributed by atoms with Crippen LogP contribution in [0.2, 0.25) is 0 Å². The molecule has 7 nitrogen and oxygen atoms in total. The number of amides is 1. The number of anilines is 1. The van der Waals surface area contributed by atoms with E-state index in [4.69, 9.17) is 5.73 Å². The summed E-state index contributed by atoms with van der Waals surface area (Å²) in [5, 5.41) is 14.8. The van der Waals surface area contributed by atoms with Gasteiger partial charge in [-0.25, -0.2) is 4.68 Å². The number of rotatable bonds is 7. The SMILES string of the molecule is NCCn1nnnc1SCCC(=O)Nc1ccccc1. The van der Waals surface area contributed by atoms with Gasteiger partial charge >= 0.3 is 0 Å². The lowest BCUT2D eigenvalue weighted by molar-refractivity contribution is -0.115. The highest BCUT2D eigenvalue weighted by Crippen LogP contribution is 2.15. The molecule has 3 N–H and O–H groups in total. The zero-order valence-corrected chi connectivity index (χ0v) is 11.7. The van der Waals surface area contributed by atoms with Crippen molar-refractivity contribution in [3.05, 3.63) is 30.3 Å². The van der Waals surface area contributed by atoms with Crippen molar-refractivity contribution >= 4 is 23.4 Å². The van der Waals surface area contributed by atoms with Crippen molar-refractivity contribution in [2.24, 2.45) is 5.73 Å². The van der Waals surface area contributed by atoms with Gasteiger partial charge < -0.3 is 11.1 Å². The van der Waals surface area contributed by atoms with Crippen LogP contribution in [0.5, 0.6) is 0 Å². The minimum Gasteiger partial charge on any atom is -0.329 e. The number of hydrogen-bond acceptors (Lipinski definition) is 6. The highest BCUT2D eigenvalue weighted by Gasteiger charge is 2.08. The first-order valence-corrected chi connectivity index (χ1v) is 7.22. The number of carbonyl (C=O) groups excluding carboxylic acids is 1. The second-order valence-corrected chi connectivity index (χ2v) is 5.05. The van der Waals surface area contributed by atoms with Gasteiger partial charge in [0.25, 0.3) is 0 Å². The molecule has 0 atom stereocenters. The van der Waals surface area contributed by atoms with E-state index in [0.29, 0.717) is 30.4 Å². The van der Waals surface area contributed by atoms with E-state index in [-0.39, 0.29) is 5.91 Å². The number of hydrogen-bond donors (Lipinski definition) is 2. The van der Waals surface area contributed by atoms with Crippen molar-refractivity contribution in [1.82, 2.24) is 20.2 Å². The molecule has 0 unspecified atom stereocenters. The Kier molecular flexibility index (Phi) is 5.51. The fourth-order valence-electron chi connectivity index (χ4n) is 1.54. The van der Waals surface area contributed by atoms with E-state index in [1.54, 1.807) is 4.68 Å². The first-order valence-electron chi connectivity index (χ1n) is 6.23. The second-order valence-electron chi connectivity index (χ2n) is 3.99. The van der Waals surface area contributed by atoms with Gasteiger partial charge in [-0.3, -0.25) is 4.79 Å². The van der Waals surface area contributed by atoms with E-state index in [2.05, 4.69) is 20.8 Å². The van der Waals surface area contributed by atoms with Gasteiger partial charge in [-0.15, -0.1) is 5.10 Å². The zero-order chi connectivity index (χ0) is 14.2. The Morgan fingerprint density at radius 3 is 2.90 bits per heavy atom. The van der Waals surface area contributed by atoms with Gasteiger partial charge in [-0.1, -0.05) is 30.0 Å². The van der Waals surface area contributed by atoms with Crippen LogP contribution in [0.4, 0.5) is 5.69 Å². The van der Waals surface area contributed by atoms with Crippen LogP contribution < -0.4 is 11.1 Å². The summed E-state index contributed by atoms with van der Waals surface area (Å²) in [6.07, 6.45) is 0.398. The highest BCUT2D eigenvalue weighted by molar-refractivity contribution is 7.99. The quantitative estimate of drug-likeness (QED) is 0.731. The van der Waals surface area contributed by atoms with E-state index in [9.17, 15) is 4.79 Å². The largest absolute Gasteiger partial charge is 0.329 e. The molecule has 0 aliphatic carbocycles. The van der Waals surface area contributed by atoms with Gasteiger partial charge in [0.05, 0.1) is 6.54 Å². The van der Waals surface area contributed by atoms with Crippen molar-refractivity contribution in [3.63, 3.8) is 0 Å². The lowest BCUT2D eigenvalue weighted by Gasteiger charge is -2.05. The minimum absolute atomic E-state index is 0.0263. The van der Waals surface area contributed by atoms with E-state index in [0.717, 1.165) is 5.69 Å². The highest BCUT2D eigenvalue weighted by atomic mass is 32.2. The molecule has 1 heterocycles. The molecular formula is C12H16N6OS. The van der Waals surface area contributed by atoms with Gasteiger partial charge in [0, 0.05) is 24.4 Å². The fraction of sp³-hybridized carbons (Fsp3) is 0.333. The lowest BCUT2D eigenvalue weighted by atomic mass is 10.3. The van der Waals surface area contributed by atoms with Gasteiger partial charge in [0.15, 0.2) is 0 Å². The monoisotopic (exact) mass is 292 g/mol. The summed E-state index contributed by atoms with van der Waals surface area (Å²) in [5.74, 6) is 0.588. The molecule has 2 rings (SSSR count). The maximum absolute atomic E-state index is 11.7. The molecule has 0 bridgehead atoms. The van der Waals surface area contributed by atoms with Crippen molar-refractivity contribution in [1.29, 1.82) is 0 Å². The molecule has 0 aliphatic heterocycles. The van der Waals surface area contributed by atoms with Crippen LogP contribution in [0.15, 0.2) is 35.5 Å². The number of benzene rings is 1. The fourth-order valence-corrected chi connectivity index (χ4v) is 2.38. The molecule has 0 radical (unpaired) electrons. The van der Waals surface area contributed by atoms with Crippen molar-refractivity contribution in [2.45, 2.75) is 18.1 Å². The molecule has 0 saturated heterocycles. The summed E-state index contributed by atoms with van der Waals surface area (Å²) < 4.78 is 1.64. The molecule has 8 heteroatoms. The summed E-state index contributed by atoms with van der Waals surface area (Å²) in [7, 11) is 0. The number of carbonyl (C=O) groups is 1. The number of nitrogens with two attached hydrogens (primary N) is 1. The van der Waals surface area contributed by atoms with E-state index < -0.39 is 0 Å². The van der Waals surface area contributed by atoms with Gasteiger partial charge in [-0.2, -0.15) is 0 Å². The summed E-state index contributed by atoms with van der Waals surface area (Å²) in [5.41, 5.74) is 6.26. The number of nitrogens with zero attached hydrogens (tertiary/aromatic N) is 4. The molecule has 106 valence electrons. The van der Waals surface area contributed by atoms with Crippen LogP contribution in [0.3, 0.4) is 0 Å². The lowest BCUT2D eigenvalue weighted by Crippen LogP contribution is -2.14. The maximum atomic E-state index is 11.7. The Balaban J connectivity index is 1.75. The predicted molar refractivity (Wildman–Crippen MR) is 77.3 cm³/mol. The normalized spacial score (nSPS) is 10.4. The van der Waals surface area contributed by atoms with Crippen LogP contribution >= 0.6 is 11.8 Å². The molecular weight excluding hydrogens is 276 g/mol. The number of aromatic nitrogens is 4. The van der Waals surface area contributed by atoms with Crippen LogP contribution in [-0.2, 0) is 11.3 Å². The summed E-state index contributed by atoms with van der Waals surface area (Å²) >= 11 is 1.44. The van der Waals surface area contributed by atoms with Gasteiger partial charge in [-0.05, 0) is 22.6 Å². The average molecular weight is 292 g/mol. The van der Waals surface area contributed by atoms with Crippen LogP contribution in [-0.4, -0.2) is 38.4 Å². The standard InChI is InChI=1S/C12H16N6OS/c13-7-8-18-12(15-16-17-18)20-9-6-11(19)14-10-4-2-1-3-5-10/h1-5H,6-9,13H2,(H,14,19). The predicted octanol–water partition coefficient (Wildman–Crippen LogP) is 0.753. The third-order valence-electron chi connectivity index (χ3n) is 2.46. The van der Waals surface area contributed by atoms with Crippen molar-refractivity contribution < 1.29 is 4.79 Å². The van der Waals surface area contributed by atoms with Gasteiger partial charge in [0.1, 0.15) is 0 Å². The number of thioether (sulfide) groups is 1. The average Bonchev–Trinajstić information content (AvgIpc) is 2.88. The third-order valence-corrected chi connectivity index (χ3v) is 3.42. The number of tetrazole rings is 1. The van der Waals surface area contributed by atoms with Gasteiger partial charge in [0.2, 0.25) is 11.1 Å². The Morgan fingerprint density at radius 2 is 2.15 bits per heavy atom. The number of nitrogens with one attached hydrogen (secondary N) is 1. The molecule has 1 amide bonds. The smallest absolute Gasteiger partial charge is 0.225 e. The molecule has 0 saturated carbocycles. The molecule has 0 aliphatic rings. The Labute approximate surface area is 120 Å². The summed E-state index contributed by atoms with van der Waals surface area (Å²) in [4.78, 5) is 11.7. The second kappa shape index (κ2) is 7.61. The van der Waals surface area contributed by atoms with Crippen LogP contribution in [0.25, 0.3) is 0 Å². The molecule has 0 fully saturated rings. The minimum atomic E-state index is -0.0263. The molecule has 2 aromatic rings. The number of para-hydroxylation sites is 1. The molecule has 20 heavy (non-hydrogen) atoms. The first kappa shape index (κ1) is 14.5. The molecule has 1 aromatic heterocycles. The van der Waals surface area contributed by atoms with Crippen molar-refractivity contribution in [3.8, 4) is 0 Å². The van der Waals surface area contributed by atoms with E-state index in [1.807, 2.05) is 30.3 Å². The van der Waals surface area contributed by atoms with Crippen molar-refractivity contribution in [2.75, 3.05) is 17.6 Å². The zero-order valence-electron chi connectivity index (χ0n) is 10.9. The Hall–Kier alpha value is -1.93. The maximum Gasteiger partial charge on any atom is 0.225 e. The van der Waals surface area contributed by atoms with Crippen LogP contribution in [0.1, 0.15) is 6.42 Å². The van der Waals surface area contributed by atoms with Crippen LogP contribution in [0, 0.1) is 0 Å². The Morgan fingerprint density at radius 1 is 1.35 bits per heavy atom. The van der Waals surface area contributed by atoms with E-state index >= 15 is 0 Å². The molecule has 1 aromatic carbocycles. The molecule has 0 spiro atoms. The summed E-state index contributed by atoms with van der Waals surface area (Å²) in [6, 6.07) is 9.37. The first-order chi connectivity index (χ1) is 9.79. The Bertz CT molecular complexity index is 544. The van der Waals surface area contributed by atoms with E-state index in [1.165, 1.54) is 11.8 Å². The topological polar surface area (TPSA) is 98.7 Å². The summed E-state index contributed by atoms with van der Waals surface area (Å²) in [6.45, 7) is 1.05. The third kappa shape index (κ3) is 4.32.